The second-order valence-corrected chi connectivity index (χ2v) is 6.60. The third-order valence-electron chi connectivity index (χ3n) is 4.52. The maximum atomic E-state index is 12.9. The summed E-state index contributed by atoms with van der Waals surface area (Å²) in [5.41, 5.74) is 0.465. The lowest BCUT2D eigenvalue weighted by Crippen LogP contribution is -2.36. The standard InChI is InChI=1S/C20H20FN3O6/c1-13(19(25)22-16-5-3-15(21)4-6-16)30-20(26)14-2-7-17(18(12-14)24(27)28)23-8-10-29-11-9-23/h2-7,12-13H,8-11H2,1H3,(H,22,25)/t13-/m0/s1. The Labute approximate surface area is 171 Å². The van der Waals surface area contributed by atoms with E-state index in [1.165, 1.54) is 43.3 Å². The third kappa shape index (κ3) is 5.09. The van der Waals surface area contributed by atoms with Crippen LogP contribution in [-0.4, -0.2) is 49.2 Å². The molecule has 2 aromatic rings. The first-order valence-corrected chi connectivity index (χ1v) is 9.23. The Bertz CT molecular complexity index is 944. The fourth-order valence-electron chi connectivity index (χ4n) is 2.93. The molecule has 3 rings (SSSR count). The Kier molecular flexibility index (Phi) is 6.58. The number of hydrogen-bond donors (Lipinski definition) is 1. The van der Waals surface area contributed by atoms with Crippen LogP contribution in [0.1, 0.15) is 17.3 Å². The van der Waals surface area contributed by atoms with Crippen molar-refractivity contribution in [3.8, 4) is 0 Å². The number of nitro groups is 1. The number of nitrogens with one attached hydrogen (secondary N) is 1. The predicted molar refractivity (Wildman–Crippen MR) is 106 cm³/mol. The zero-order valence-corrected chi connectivity index (χ0v) is 16.2. The summed E-state index contributed by atoms with van der Waals surface area (Å²) in [5, 5.41) is 14.0. The lowest BCUT2D eigenvalue weighted by atomic mass is 10.1. The highest BCUT2D eigenvalue weighted by molar-refractivity contribution is 5.97. The van der Waals surface area contributed by atoms with Gasteiger partial charge in [0.1, 0.15) is 11.5 Å². The van der Waals surface area contributed by atoms with Crippen LogP contribution in [0.4, 0.5) is 21.5 Å². The van der Waals surface area contributed by atoms with E-state index in [4.69, 9.17) is 9.47 Å². The number of carbonyl (C=O) groups excluding carboxylic acids is 2. The summed E-state index contributed by atoms with van der Waals surface area (Å²) in [6.45, 7) is 3.30. The summed E-state index contributed by atoms with van der Waals surface area (Å²) in [4.78, 5) is 37.4. The van der Waals surface area contributed by atoms with Crippen molar-refractivity contribution in [2.24, 2.45) is 0 Å². The van der Waals surface area contributed by atoms with Crippen LogP contribution in [0.2, 0.25) is 0 Å². The van der Waals surface area contributed by atoms with E-state index in [9.17, 15) is 24.1 Å². The second kappa shape index (κ2) is 9.31. The number of hydrogen-bond acceptors (Lipinski definition) is 7. The van der Waals surface area contributed by atoms with Gasteiger partial charge in [-0.25, -0.2) is 9.18 Å². The number of nitro benzene ring substituents is 1. The Morgan fingerprint density at radius 1 is 1.20 bits per heavy atom. The van der Waals surface area contributed by atoms with Gasteiger partial charge in [0.25, 0.3) is 11.6 Å². The van der Waals surface area contributed by atoms with Gasteiger partial charge >= 0.3 is 5.97 Å². The van der Waals surface area contributed by atoms with Gasteiger partial charge in [-0.15, -0.1) is 0 Å². The number of esters is 1. The van der Waals surface area contributed by atoms with Gasteiger partial charge in [-0.1, -0.05) is 0 Å². The Balaban J connectivity index is 1.69. The molecule has 1 aliphatic rings. The van der Waals surface area contributed by atoms with Crippen LogP contribution in [0.25, 0.3) is 0 Å². The Morgan fingerprint density at radius 3 is 2.50 bits per heavy atom. The number of amides is 1. The Hall–Kier alpha value is -3.53. The van der Waals surface area contributed by atoms with Crippen molar-refractivity contribution in [2.45, 2.75) is 13.0 Å². The summed E-state index contributed by atoms with van der Waals surface area (Å²) in [6.07, 6.45) is -1.17. The highest BCUT2D eigenvalue weighted by atomic mass is 19.1. The van der Waals surface area contributed by atoms with Gasteiger partial charge in [-0.05, 0) is 43.3 Å². The van der Waals surface area contributed by atoms with E-state index in [0.29, 0.717) is 37.7 Å². The molecule has 0 radical (unpaired) electrons. The first-order valence-electron chi connectivity index (χ1n) is 9.23. The lowest BCUT2D eigenvalue weighted by molar-refractivity contribution is -0.384. The average molecular weight is 417 g/mol. The van der Waals surface area contributed by atoms with E-state index >= 15 is 0 Å². The van der Waals surface area contributed by atoms with Gasteiger partial charge in [0, 0.05) is 24.8 Å². The SMILES string of the molecule is C[C@H](OC(=O)c1ccc(N2CCOCC2)c([N+](=O)[O-])c1)C(=O)Nc1ccc(F)cc1. The van der Waals surface area contributed by atoms with Crippen molar-refractivity contribution in [3.63, 3.8) is 0 Å². The van der Waals surface area contributed by atoms with Gasteiger partial charge in [0.05, 0.1) is 23.7 Å². The molecule has 9 nitrogen and oxygen atoms in total. The summed E-state index contributed by atoms with van der Waals surface area (Å²) >= 11 is 0. The van der Waals surface area contributed by atoms with E-state index < -0.39 is 28.7 Å². The molecule has 0 saturated carbocycles. The highest BCUT2D eigenvalue weighted by Crippen LogP contribution is 2.30. The number of nitrogens with zero attached hydrogens (tertiary/aromatic N) is 2. The van der Waals surface area contributed by atoms with E-state index in [0.717, 1.165) is 6.07 Å². The molecule has 30 heavy (non-hydrogen) atoms. The molecule has 0 aromatic heterocycles. The summed E-state index contributed by atoms with van der Waals surface area (Å²) in [6, 6.07) is 9.15. The zero-order valence-electron chi connectivity index (χ0n) is 16.2. The first-order chi connectivity index (χ1) is 14.3. The number of anilines is 2. The number of rotatable bonds is 6. The third-order valence-corrected chi connectivity index (χ3v) is 4.52. The summed E-state index contributed by atoms with van der Waals surface area (Å²) in [7, 11) is 0. The summed E-state index contributed by atoms with van der Waals surface area (Å²) < 4.78 is 23.3. The van der Waals surface area contributed by atoms with Crippen molar-refractivity contribution < 1.29 is 28.4 Å². The number of carbonyl (C=O) groups is 2. The van der Waals surface area contributed by atoms with Gasteiger partial charge in [0.2, 0.25) is 0 Å². The molecule has 10 heteroatoms. The van der Waals surface area contributed by atoms with Crippen LogP contribution < -0.4 is 10.2 Å². The van der Waals surface area contributed by atoms with Crippen molar-refractivity contribution in [2.75, 3.05) is 36.5 Å². The maximum Gasteiger partial charge on any atom is 0.339 e. The van der Waals surface area contributed by atoms with E-state index in [-0.39, 0.29) is 11.3 Å². The molecular formula is C20H20FN3O6. The quantitative estimate of drug-likeness (QED) is 0.437. The molecular weight excluding hydrogens is 397 g/mol. The molecule has 158 valence electrons. The minimum absolute atomic E-state index is 0.0415. The summed E-state index contributed by atoms with van der Waals surface area (Å²) in [5.74, 6) is -1.93. The average Bonchev–Trinajstić information content (AvgIpc) is 2.75. The van der Waals surface area contributed by atoms with E-state index in [1.807, 2.05) is 4.90 Å². The second-order valence-electron chi connectivity index (χ2n) is 6.60. The van der Waals surface area contributed by atoms with Crippen LogP contribution in [0, 0.1) is 15.9 Å². The minimum Gasteiger partial charge on any atom is -0.449 e. The monoisotopic (exact) mass is 417 g/mol. The fraction of sp³-hybridized carbons (Fsp3) is 0.300. The topological polar surface area (TPSA) is 111 Å². The zero-order chi connectivity index (χ0) is 21.7. The molecule has 1 N–H and O–H groups in total. The molecule has 0 unspecified atom stereocenters. The van der Waals surface area contributed by atoms with E-state index in [1.54, 1.807) is 0 Å². The number of ether oxygens (including phenoxy) is 2. The molecule has 1 aliphatic heterocycles. The van der Waals surface area contributed by atoms with Crippen LogP contribution >= 0.6 is 0 Å². The number of halogens is 1. The molecule has 2 aromatic carbocycles. The van der Waals surface area contributed by atoms with Crippen molar-refractivity contribution in [1.82, 2.24) is 0 Å². The number of benzene rings is 2. The smallest absolute Gasteiger partial charge is 0.339 e. The van der Waals surface area contributed by atoms with Crippen molar-refractivity contribution in [3.05, 3.63) is 64.0 Å². The molecule has 1 saturated heterocycles. The number of morpholine rings is 1. The molecule has 1 amide bonds. The molecule has 1 fully saturated rings. The first kappa shape index (κ1) is 21.2. The lowest BCUT2D eigenvalue weighted by Gasteiger charge is -2.28. The minimum atomic E-state index is -1.17. The molecule has 0 aliphatic carbocycles. The van der Waals surface area contributed by atoms with Crippen LogP contribution in [0.15, 0.2) is 42.5 Å². The van der Waals surface area contributed by atoms with Crippen LogP contribution in [0.3, 0.4) is 0 Å². The molecule has 0 spiro atoms. The van der Waals surface area contributed by atoms with Gasteiger partial charge < -0.3 is 19.7 Å². The van der Waals surface area contributed by atoms with Gasteiger partial charge in [-0.2, -0.15) is 0 Å². The van der Waals surface area contributed by atoms with Crippen LogP contribution in [-0.2, 0) is 14.3 Å². The largest absolute Gasteiger partial charge is 0.449 e. The normalized spacial score (nSPS) is 14.7. The molecule has 1 atom stereocenters. The van der Waals surface area contributed by atoms with E-state index in [2.05, 4.69) is 5.32 Å². The maximum absolute atomic E-state index is 12.9. The molecule has 0 bridgehead atoms. The van der Waals surface area contributed by atoms with Crippen molar-refractivity contribution >= 4 is 28.9 Å². The predicted octanol–water partition coefficient (Wildman–Crippen LogP) is 2.75. The van der Waals surface area contributed by atoms with Crippen molar-refractivity contribution in [1.29, 1.82) is 0 Å². The highest BCUT2D eigenvalue weighted by Gasteiger charge is 2.25. The van der Waals surface area contributed by atoms with Gasteiger partial charge in [-0.3, -0.25) is 14.9 Å². The Morgan fingerprint density at radius 2 is 1.87 bits per heavy atom. The van der Waals surface area contributed by atoms with Gasteiger partial charge in [0.15, 0.2) is 6.10 Å². The van der Waals surface area contributed by atoms with Crippen LogP contribution in [0.5, 0.6) is 0 Å². The molecule has 1 heterocycles. The fourth-order valence-corrected chi connectivity index (χ4v) is 2.93.